The zero-order chi connectivity index (χ0) is 55.7. The van der Waals surface area contributed by atoms with Crippen molar-refractivity contribution in [2.75, 3.05) is 98.2 Å². The Bertz CT molecular complexity index is 3090. The molecule has 0 bridgehead atoms. The van der Waals surface area contributed by atoms with Crippen LogP contribution >= 0.6 is 0 Å². The van der Waals surface area contributed by atoms with Crippen LogP contribution in [0, 0.1) is 29.3 Å². The van der Waals surface area contributed by atoms with Gasteiger partial charge >= 0.3 is 0 Å². The standard InChI is InChI=1S/C61H73F3N10O6/c62-48-17-16-46(53(64)35-48)36-65-37-55(75)74-21-7-12-47(39-74)44-10-6-11-45(34-44)58(77)66-57(43-8-2-1-3-9-43)61(80)73-26-24-70(25-27-73)38-41-19-22-69(23-20-41)40-56(76)71-28-30-72(31-29-71)60(79)51-32-42(15-18-52(51)63)33-54-49-13-4-5-14-50(49)59(78)68-67-54/h4-6,10-11,13-18,32,34-35,41,43,47,57,65H,1-3,7-9,12,19-31,33,36-40H2,(H,66,77)(H,68,78). The number of aromatic nitrogens is 2. The zero-order valence-electron chi connectivity index (χ0n) is 45.5. The maximum Gasteiger partial charge on any atom is 0.272 e. The first-order valence-electron chi connectivity index (χ1n) is 28.7. The largest absolute Gasteiger partial charge is 0.341 e. The molecule has 80 heavy (non-hydrogen) atoms. The lowest BCUT2D eigenvalue weighted by molar-refractivity contribution is -0.137. The summed E-state index contributed by atoms with van der Waals surface area (Å²) in [5.41, 5.74) is 2.71. The Morgan fingerprint density at radius 1 is 0.650 bits per heavy atom. The second-order valence-corrected chi connectivity index (χ2v) is 22.5. The summed E-state index contributed by atoms with van der Waals surface area (Å²) in [6.45, 7) is 8.06. The number of halogens is 3. The van der Waals surface area contributed by atoms with Gasteiger partial charge in [-0.05, 0) is 111 Å². The molecule has 1 aromatic heterocycles. The van der Waals surface area contributed by atoms with E-state index in [1.807, 2.05) is 35.2 Å². The molecule has 4 aromatic carbocycles. The number of hydrogen-bond acceptors (Lipinski definition) is 10. The van der Waals surface area contributed by atoms with Crippen LogP contribution in [-0.2, 0) is 27.3 Å². The maximum atomic E-state index is 15.1. The SMILES string of the molecule is O=C(NC(C(=O)N1CCN(CC2CCN(CC(=O)N3CCN(C(=O)c4cc(Cc5n[nH]c(=O)c6ccccc56)ccc4F)CC3)CC2)CC1)C1CCCCC1)c1cccc(C2CCCN(C(=O)CNCc3ccc(F)cc3F)C2)c1. The molecule has 4 aliphatic heterocycles. The van der Waals surface area contributed by atoms with Gasteiger partial charge in [-0.3, -0.25) is 38.6 Å². The van der Waals surface area contributed by atoms with E-state index in [0.717, 1.165) is 102 Å². The molecule has 16 nitrogen and oxygen atoms in total. The lowest BCUT2D eigenvalue weighted by Crippen LogP contribution is -2.57. The van der Waals surface area contributed by atoms with Gasteiger partial charge in [0.2, 0.25) is 17.7 Å². The fourth-order valence-electron chi connectivity index (χ4n) is 12.6. The topological polar surface area (TPSA) is 175 Å². The van der Waals surface area contributed by atoms with Crippen LogP contribution in [0.2, 0.25) is 0 Å². The Balaban J connectivity index is 0.651. The fourth-order valence-corrected chi connectivity index (χ4v) is 12.6. The molecule has 5 fully saturated rings. The van der Waals surface area contributed by atoms with E-state index >= 15 is 4.39 Å². The number of nitrogens with one attached hydrogen (secondary N) is 3. The van der Waals surface area contributed by atoms with Gasteiger partial charge in [-0.2, -0.15) is 5.10 Å². The minimum atomic E-state index is -0.659. The third-order valence-electron chi connectivity index (χ3n) is 17.3. The molecule has 424 valence electrons. The summed E-state index contributed by atoms with van der Waals surface area (Å²) in [4.78, 5) is 93.0. The smallest absolute Gasteiger partial charge is 0.272 e. The highest BCUT2D eigenvalue weighted by molar-refractivity contribution is 5.98. The highest BCUT2D eigenvalue weighted by atomic mass is 19.1. The van der Waals surface area contributed by atoms with Crippen LogP contribution in [0.1, 0.15) is 107 Å². The molecule has 10 rings (SSSR count). The molecule has 4 saturated heterocycles. The number of fused-ring (bicyclic) bond motifs is 1. The average Bonchev–Trinajstić information content (AvgIpc) is 3.50. The number of carbonyl (C=O) groups is 5. The summed E-state index contributed by atoms with van der Waals surface area (Å²) in [5, 5.41) is 14.2. The van der Waals surface area contributed by atoms with Gasteiger partial charge in [0.25, 0.3) is 17.4 Å². The van der Waals surface area contributed by atoms with E-state index in [0.29, 0.717) is 98.8 Å². The number of benzene rings is 4. The molecular formula is C61H73F3N10O6. The normalized spacial score (nSPS) is 19.5. The van der Waals surface area contributed by atoms with Crippen LogP contribution in [-0.4, -0.2) is 173 Å². The van der Waals surface area contributed by atoms with Crippen molar-refractivity contribution in [1.82, 2.24) is 50.2 Å². The molecule has 1 aliphatic carbocycles. The van der Waals surface area contributed by atoms with Gasteiger partial charge in [0.1, 0.15) is 23.5 Å². The Hall–Kier alpha value is -6.96. The molecule has 5 aromatic rings. The van der Waals surface area contributed by atoms with Crippen molar-refractivity contribution in [3.05, 3.63) is 146 Å². The zero-order valence-corrected chi connectivity index (χ0v) is 45.5. The van der Waals surface area contributed by atoms with E-state index in [4.69, 9.17) is 0 Å². The molecule has 5 heterocycles. The van der Waals surface area contributed by atoms with Gasteiger partial charge in [-0.1, -0.05) is 61.7 Å². The Kier molecular flexibility index (Phi) is 18.4. The average molecular weight is 1100 g/mol. The molecular weight excluding hydrogens is 1030 g/mol. The monoisotopic (exact) mass is 1100 g/mol. The van der Waals surface area contributed by atoms with Crippen LogP contribution < -0.4 is 16.2 Å². The van der Waals surface area contributed by atoms with Gasteiger partial charge < -0.3 is 30.2 Å². The lowest BCUT2D eigenvalue weighted by atomic mass is 9.83. The van der Waals surface area contributed by atoms with Crippen molar-refractivity contribution >= 4 is 40.3 Å². The summed E-state index contributed by atoms with van der Waals surface area (Å²) in [5.74, 6) is -2.18. The molecule has 3 N–H and O–H groups in total. The number of aromatic amines is 1. The van der Waals surface area contributed by atoms with E-state index in [1.54, 1.807) is 45.0 Å². The number of piperazine rings is 2. The lowest BCUT2D eigenvalue weighted by Gasteiger charge is -2.41. The van der Waals surface area contributed by atoms with Crippen LogP contribution in [0.4, 0.5) is 13.2 Å². The summed E-state index contributed by atoms with van der Waals surface area (Å²) in [6.07, 6.45) is 8.81. The van der Waals surface area contributed by atoms with Crippen LogP contribution in [0.5, 0.6) is 0 Å². The van der Waals surface area contributed by atoms with Gasteiger partial charge in [-0.15, -0.1) is 0 Å². The first-order chi connectivity index (χ1) is 38.8. The Morgan fingerprint density at radius 2 is 1.39 bits per heavy atom. The summed E-state index contributed by atoms with van der Waals surface area (Å²) < 4.78 is 42.6. The first-order valence-corrected chi connectivity index (χ1v) is 28.7. The van der Waals surface area contributed by atoms with E-state index in [-0.39, 0.29) is 65.2 Å². The van der Waals surface area contributed by atoms with Crippen molar-refractivity contribution in [3.8, 4) is 0 Å². The minimum Gasteiger partial charge on any atom is -0.341 e. The third-order valence-corrected chi connectivity index (χ3v) is 17.3. The van der Waals surface area contributed by atoms with Crippen LogP contribution in [0.15, 0.2) is 89.7 Å². The molecule has 2 atom stereocenters. The number of carbonyl (C=O) groups excluding carboxylic acids is 5. The highest BCUT2D eigenvalue weighted by Crippen LogP contribution is 2.31. The predicted octanol–water partition coefficient (Wildman–Crippen LogP) is 5.95. The molecule has 5 aliphatic rings. The molecule has 0 radical (unpaired) electrons. The summed E-state index contributed by atoms with van der Waals surface area (Å²) >= 11 is 0. The molecule has 1 saturated carbocycles. The van der Waals surface area contributed by atoms with Crippen LogP contribution in [0.3, 0.4) is 0 Å². The van der Waals surface area contributed by atoms with Crippen molar-refractivity contribution in [1.29, 1.82) is 0 Å². The number of hydrogen-bond donors (Lipinski definition) is 3. The first kappa shape index (κ1) is 56.3. The van der Waals surface area contributed by atoms with E-state index in [9.17, 15) is 37.5 Å². The van der Waals surface area contributed by atoms with Gasteiger partial charge in [0, 0.05) is 113 Å². The van der Waals surface area contributed by atoms with Crippen molar-refractivity contribution < 1.29 is 37.1 Å². The number of piperidine rings is 2. The van der Waals surface area contributed by atoms with Crippen molar-refractivity contribution in [2.45, 2.75) is 82.7 Å². The summed E-state index contributed by atoms with van der Waals surface area (Å²) in [6, 6.07) is 21.9. The predicted molar refractivity (Wildman–Crippen MR) is 297 cm³/mol. The van der Waals surface area contributed by atoms with E-state index in [1.165, 1.54) is 18.2 Å². The molecule has 5 amide bonds. The molecule has 0 spiro atoms. The van der Waals surface area contributed by atoms with Gasteiger partial charge in [-0.25, -0.2) is 18.3 Å². The Morgan fingerprint density at radius 3 is 2.15 bits per heavy atom. The van der Waals surface area contributed by atoms with Gasteiger partial charge in [0.05, 0.1) is 29.7 Å². The number of H-pyrrole nitrogens is 1. The quantitative estimate of drug-likeness (QED) is 0.107. The minimum absolute atomic E-state index is 0.0173. The third kappa shape index (κ3) is 13.8. The van der Waals surface area contributed by atoms with E-state index < -0.39 is 29.4 Å². The fraction of sp³-hybridized carbons (Fsp3) is 0.492. The van der Waals surface area contributed by atoms with Gasteiger partial charge in [0.15, 0.2) is 0 Å². The number of likely N-dealkylation sites (tertiary alicyclic amines) is 2. The molecule has 2 unspecified atom stereocenters. The second-order valence-electron chi connectivity index (χ2n) is 22.5. The highest BCUT2D eigenvalue weighted by Gasteiger charge is 2.37. The van der Waals surface area contributed by atoms with Crippen LogP contribution in [0.25, 0.3) is 10.8 Å². The summed E-state index contributed by atoms with van der Waals surface area (Å²) in [7, 11) is 0. The number of amides is 5. The van der Waals surface area contributed by atoms with Crippen molar-refractivity contribution in [3.63, 3.8) is 0 Å². The maximum absolute atomic E-state index is 15.1. The van der Waals surface area contributed by atoms with Crippen molar-refractivity contribution in [2.24, 2.45) is 11.8 Å². The Labute approximate surface area is 465 Å². The number of nitrogens with zero attached hydrogens (tertiary/aromatic N) is 7. The second kappa shape index (κ2) is 26.1. The van der Waals surface area contributed by atoms with E-state index in [2.05, 4.69) is 30.6 Å². The molecule has 19 heteroatoms. The number of rotatable bonds is 16.